The molecule has 72 valence electrons. The van der Waals surface area contributed by atoms with Crippen LogP contribution in [0.25, 0.3) is 0 Å². The minimum absolute atomic E-state index is 0.543. The lowest BCUT2D eigenvalue weighted by atomic mass is 10.1. The molecule has 2 heterocycles. The Labute approximate surface area is 81.7 Å². The van der Waals surface area contributed by atoms with Crippen molar-refractivity contribution < 1.29 is 5.11 Å². The molecule has 0 radical (unpaired) electrons. The first-order chi connectivity index (χ1) is 6.79. The normalized spacial score (nSPS) is 12.7. The molecule has 0 amide bonds. The van der Waals surface area contributed by atoms with Crippen LogP contribution in [0.2, 0.25) is 0 Å². The fraction of sp³-hybridized carbons (Fsp3) is 0.200. The molecule has 4 heteroatoms. The van der Waals surface area contributed by atoms with Crippen molar-refractivity contribution in [3.05, 3.63) is 47.8 Å². The van der Waals surface area contributed by atoms with Gasteiger partial charge in [0.1, 0.15) is 11.9 Å². The monoisotopic (exact) mass is 189 g/mol. The fourth-order valence-electron chi connectivity index (χ4n) is 1.34. The zero-order valence-corrected chi connectivity index (χ0v) is 7.81. The molecular weight excluding hydrogens is 178 g/mol. The Kier molecular flexibility index (Phi) is 2.28. The number of nitrogens with one attached hydrogen (secondary N) is 1. The molecule has 14 heavy (non-hydrogen) atoms. The van der Waals surface area contributed by atoms with E-state index < -0.39 is 6.10 Å². The molecule has 2 aromatic rings. The third-order valence-electron chi connectivity index (χ3n) is 2.15. The zero-order chi connectivity index (χ0) is 9.97. The number of nitrogens with zero attached hydrogens (tertiary/aromatic N) is 2. The van der Waals surface area contributed by atoms with Gasteiger partial charge in [0.15, 0.2) is 0 Å². The summed E-state index contributed by atoms with van der Waals surface area (Å²) >= 11 is 0. The van der Waals surface area contributed by atoms with Crippen molar-refractivity contribution in [2.45, 2.75) is 13.0 Å². The van der Waals surface area contributed by atoms with E-state index in [1.165, 1.54) is 0 Å². The van der Waals surface area contributed by atoms with Crippen LogP contribution in [0.4, 0.5) is 0 Å². The van der Waals surface area contributed by atoms with Crippen molar-refractivity contribution in [3.63, 3.8) is 0 Å². The lowest BCUT2D eigenvalue weighted by Crippen LogP contribution is -2.04. The number of aromatic nitrogens is 3. The van der Waals surface area contributed by atoms with Crippen LogP contribution in [0.5, 0.6) is 0 Å². The van der Waals surface area contributed by atoms with Crippen LogP contribution in [0.15, 0.2) is 30.9 Å². The minimum Gasteiger partial charge on any atom is -0.380 e. The second-order valence-corrected chi connectivity index (χ2v) is 3.11. The van der Waals surface area contributed by atoms with E-state index in [0.29, 0.717) is 5.82 Å². The first kappa shape index (κ1) is 8.90. The van der Waals surface area contributed by atoms with Crippen LogP contribution >= 0.6 is 0 Å². The Hall–Kier alpha value is -1.68. The minimum atomic E-state index is -0.723. The molecule has 4 nitrogen and oxygen atoms in total. The number of H-pyrrole nitrogens is 1. The molecule has 2 rings (SSSR count). The molecule has 0 fully saturated rings. The number of aliphatic hydroxyl groups is 1. The Balaban J connectivity index is 2.37. The maximum absolute atomic E-state index is 9.93. The van der Waals surface area contributed by atoms with Gasteiger partial charge in [0.25, 0.3) is 0 Å². The maximum atomic E-state index is 9.93. The van der Waals surface area contributed by atoms with Gasteiger partial charge in [0.05, 0.1) is 0 Å². The van der Waals surface area contributed by atoms with Crippen molar-refractivity contribution in [2.75, 3.05) is 0 Å². The molecule has 1 atom stereocenters. The average Bonchev–Trinajstić information content (AvgIpc) is 2.70. The van der Waals surface area contributed by atoms with E-state index in [9.17, 15) is 5.11 Å². The Morgan fingerprint density at radius 2 is 2.29 bits per heavy atom. The standard InChI is InChI=1S/C10H11N3O/c1-7-2-3-11-6-8(7)9(14)10-12-4-5-13-10/h2-6,9,14H,1H3,(H,12,13). The fourth-order valence-corrected chi connectivity index (χ4v) is 1.34. The lowest BCUT2D eigenvalue weighted by Gasteiger charge is -2.09. The smallest absolute Gasteiger partial charge is 0.139 e. The van der Waals surface area contributed by atoms with Gasteiger partial charge < -0.3 is 10.1 Å². The summed E-state index contributed by atoms with van der Waals surface area (Å²) < 4.78 is 0. The molecule has 2 N–H and O–H groups in total. The number of imidazole rings is 1. The van der Waals surface area contributed by atoms with E-state index in [4.69, 9.17) is 0 Å². The highest BCUT2D eigenvalue weighted by Crippen LogP contribution is 2.20. The van der Waals surface area contributed by atoms with E-state index in [1.54, 1.807) is 24.8 Å². The molecular formula is C10H11N3O. The highest BCUT2D eigenvalue weighted by molar-refractivity contribution is 5.27. The van der Waals surface area contributed by atoms with E-state index >= 15 is 0 Å². The predicted octanol–water partition coefficient (Wildman–Crippen LogP) is 1.19. The third-order valence-corrected chi connectivity index (χ3v) is 2.15. The molecule has 0 spiro atoms. The van der Waals surface area contributed by atoms with Gasteiger partial charge in [-0.1, -0.05) is 0 Å². The molecule has 0 aliphatic carbocycles. The lowest BCUT2D eigenvalue weighted by molar-refractivity contribution is 0.210. The topological polar surface area (TPSA) is 61.8 Å². The molecule has 2 aromatic heterocycles. The van der Waals surface area contributed by atoms with Crippen LogP contribution < -0.4 is 0 Å². The number of rotatable bonds is 2. The molecule has 0 saturated carbocycles. The van der Waals surface area contributed by atoms with Crippen LogP contribution in [0.1, 0.15) is 23.1 Å². The Morgan fingerprint density at radius 1 is 1.43 bits per heavy atom. The number of hydrogen-bond acceptors (Lipinski definition) is 3. The van der Waals surface area contributed by atoms with Gasteiger partial charge in [-0.05, 0) is 18.6 Å². The second kappa shape index (κ2) is 3.59. The van der Waals surface area contributed by atoms with Crippen LogP contribution in [0, 0.1) is 6.92 Å². The van der Waals surface area contributed by atoms with Gasteiger partial charge in [0, 0.05) is 30.4 Å². The first-order valence-electron chi connectivity index (χ1n) is 4.37. The van der Waals surface area contributed by atoms with Crippen molar-refractivity contribution in [3.8, 4) is 0 Å². The SMILES string of the molecule is Cc1ccncc1C(O)c1ncc[nH]1. The number of aryl methyl sites for hydroxylation is 1. The van der Waals surface area contributed by atoms with E-state index in [0.717, 1.165) is 11.1 Å². The van der Waals surface area contributed by atoms with Crippen molar-refractivity contribution in [2.24, 2.45) is 0 Å². The summed E-state index contributed by atoms with van der Waals surface area (Å²) in [6.07, 6.45) is 5.93. The molecule has 0 bridgehead atoms. The zero-order valence-electron chi connectivity index (χ0n) is 7.81. The Bertz CT molecular complexity index is 411. The van der Waals surface area contributed by atoms with E-state index in [2.05, 4.69) is 15.0 Å². The quantitative estimate of drug-likeness (QED) is 0.746. The van der Waals surface area contributed by atoms with Gasteiger partial charge in [-0.3, -0.25) is 4.98 Å². The molecule has 0 aromatic carbocycles. The van der Waals surface area contributed by atoms with E-state index in [-0.39, 0.29) is 0 Å². The molecule has 1 unspecified atom stereocenters. The summed E-state index contributed by atoms with van der Waals surface area (Å²) in [5.74, 6) is 0.543. The highest BCUT2D eigenvalue weighted by Gasteiger charge is 2.14. The predicted molar refractivity (Wildman–Crippen MR) is 51.6 cm³/mol. The van der Waals surface area contributed by atoms with Gasteiger partial charge in [0.2, 0.25) is 0 Å². The van der Waals surface area contributed by atoms with Crippen molar-refractivity contribution in [1.82, 2.24) is 15.0 Å². The number of aromatic amines is 1. The number of hydrogen-bond donors (Lipinski definition) is 2. The largest absolute Gasteiger partial charge is 0.380 e. The number of pyridine rings is 1. The highest BCUT2D eigenvalue weighted by atomic mass is 16.3. The summed E-state index contributed by atoms with van der Waals surface area (Å²) in [4.78, 5) is 10.8. The molecule has 0 aliphatic rings. The van der Waals surface area contributed by atoms with Gasteiger partial charge >= 0.3 is 0 Å². The van der Waals surface area contributed by atoms with Crippen molar-refractivity contribution in [1.29, 1.82) is 0 Å². The summed E-state index contributed by atoms with van der Waals surface area (Å²) in [6, 6.07) is 1.86. The average molecular weight is 189 g/mol. The van der Waals surface area contributed by atoms with Crippen LogP contribution in [-0.2, 0) is 0 Å². The molecule has 0 aliphatic heterocycles. The number of aliphatic hydroxyl groups excluding tert-OH is 1. The van der Waals surface area contributed by atoms with E-state index in [1.807, 2.05) is 13.0 Å². The summed E-state index contributed by atoms with van der Waals surface area (Å²) in [6.45, 7) is 1.93. The van der Waals surface area contributed by atoms with Crippen LogP contribution in [-0.4, -0.2) is 20.1 Å². The molecule has 0 saturated heterocycles. The summed E-state index contributed by atoms with van der Waals surface area (Å²) in [5, 5.41) is 9.93. The summed E-state index contributed by atoms with van der Waals surface area (Å²) in [5.41, 5.74) is 1.78. The second-order valence-electron chi connectivity index (χ2n) is 3.11. The first-order valence-corrected chi connectivity index (χ1v) is 4.37. The van der Waals surface area contributed by atoms with Gasteiger partial charge in [-0.15, -0.1) is 0 Å². The van der Waals surface area contributed by atoms with Gasteiger partial charge in [-0.2, -0.15) is 0 Å². The summed E-state index contributed by atoms with van der Waals surface area (Å²) in [7, 11) is 0. The Morgan fingerprint density at radius 3 is 2.93 bits per heavy atom. The van der Waals surface area contributed by atoms with Crippen LogP contribution in [0.3, 0.4) is 0 Å². The third kappa shape index (κ3) is 1.52. The van der Waals surface area contributed by atoms with Gasteiger partial charge in [-0.25, -0.2) is 4.98 Å². The van der Waals surface area contributed by atoms with Crippen molar-refractivity contribution >= 4 is 0 Å². The maximum Gasteiger partial charge on any atom is 0.139 e.